The minimum atomic E-state index is 0.218. The molecule has 0 radical (unpaired) electrons. The molecule has 0 amide bonds. The minimum absolute atomic E-state index is 0.218. The molecule has 94 valence electrons. The summed E-state index contributed by atoms with van der Waals surface area (Å²) < 4.78 is 5.75. The SMILES string of the molecule is CC1CN(c2ncnc3ncccc23)CC(C)O1. The Bertz CT molecular complexity index is 544. The summed E-state index contributed by atoms with van der Waals surface area (Å²) in [6, 6.07) is 3.94. The van der Waals surface area contributed by atoms with E-state index in [0.29, 0.717) is 0 Å². The predicted molar refractivity (Wildman–Crippen MR) is 69.6 cm³/mol. The smallest absolute Gasteiger partial charge is 0.164 e. The maximum absolute atomic E-state index is 5.75. The predicted octanol–water partition coefficient (Wildman–Crippen LogP) is 1.64. The van der Waals surface area contributed by atoms with E-state index in [1.165, 1.54) is 0 Å². The Hall–Kier alpha value is -1.75. The van der Waals surface area contributed by atoms with E-state index in [2.05, 4.69) is 33.7 Å². The second-order valence-electron chi connectivity index (χ2n) is 4.73. The molecule has 18 heavy (non-hydrogen) atoms. The number of pyridine rings is 1. The lowest BCUT2D eigenvalue weighted by Gasteiger charge is -2.36. The third kappa shape index (κ3) is 2.01. The fourth-order valence-electron chi connectivity index (χ4n) is 2.48. The fraction of sp³-hybridized carbons (Fsp3) is 0.462. The van der Waals surface area contributed by atoms with Crippen LogP contribution in [-0.2, 0) is 4.74 Å². The van der Waals surface area contributed by atoms with Crippen molar-refractivity contribution in [3.8, 4) is 0 Å². The van der Waals surface area contributed by atoms with Gasteiger partial charge in [0.15, 0.2) is 5.65 Å². The number of ether oxygens (including phenoxy) is 1. The molecule has 3 rings (SSSR count). The number of aromatic nitrogens is 3. The van der Waals surface area contributed by atoms with Gasteiger partial charge in [-0.2, -0.15) is 0 Å². The van der Waals surface area contributed by atoms with E-state index in [4.69, 9.17) is 4.74 Å². The van der Waals surface area contributed by atoms with Crippen LogP contribution in [0.5, 0.6) is 0 Å². The molecule has 1 fully saturated rings. The molecular weight excluding hydrogens is 228 g/mol. The van der Waals surface area contributed by atoms with Crippen molar-refractivity contribution in [2.75, 3.05) is 18.0 Å². The standard InChI is InChI=1S/C13H16N4O/c1-9-6-17(7-10(2)18-9)13-11-4-3-5-14-12(11)15-8-16-13/h3-5,8-10H,6-7H2,1-2H3. The number of anilines is 1. The van der Waals surface area contributed by atoms with Gasteiger partial charge in [-0.1, -0.05) is 0 Å². The van der Waals surface area contributed by atoms with Crippen LogP contribution in [0.15, 0.2) is 24.7 Å². The summed E-state index contributed by atoms with van der Waals surface area (Å²) in [5.74, 6) is 0.954. The average Bonchev–Trinajstić information content (AvgIpc) is 2.37. The lowest BCUT2D eigenvalue weighted by atomic mass is 10.2. The Morgan fingerprint density at radius 2 is 1.94 bits per heavy atom. The number of nitrogens with zero attached hydrogens (tertiary/aromatic N) is 4. The van der Waals surface area contributed by atoms with Crippen LogP contribution in [0.4, 0.5) is 5.82 Å². The summed E-state index contributed by atoms with van der Waals surface area (Å²) in [4.78, 5) is 15.1. The first kappa shape index (κ1) is 11.3. The van der Waals surface area contributed by atoms with E-state index in [1.807, 2.05) is 12.1 Å². The highest BCUT2D eigenvalue weighted by molar-refractivity contribution is 5.86. The van der Waals surface area contributed by atoms with Crippen LogP contribution in [-0.4, -0.2) is 40.2 Å². The van der Waals surface area contributed by atoms with Gasteiger partial charge in [0.2, 0.25) is 0 Å². The first-order valence-corrected chi connectivity index (χ1v) is 6.20. The summed E-state index contributed by atoms with van der Waals surface area (Å²) in [5, 5.41) is 1.00. The molecule has 0 bridgehead atoms. The first-order valence-electron chi connectivity index (χ1n) is 6.20. The molecule has 0 aliphatic carbocycles. The highest BCUT2D eigenvalue weighted by Gasteiger charge is 2.24. The van der Waals surface area contributed by atoms with E-state index in [9.17, 15) is 0 Å². The number of hydrogen-bond donors (Lipinski definition) is 0. The van der Waals surface area contributed by atoms with Crippen molar-refractivity contribution >= 4 is 16.9 Å². The molecule has 0 spiro atoms. The molecule has 2 atom stereocenters. The maximum Gasteiger partial charge on any atom is 0.164 e. The van der Waals surface area contributed by atoms with Crippen LogP contribution >= 0.6 is 0 Å². The van der Waals surface area contributed by atoms with Crippen LogP contribution in [0.3, 0.4) is 0 Å². The Balaban J connectivity index is 2.03. The van der Waals surface area contributed by atoms with Crippen LogP contribution in [0, 0.1) is 0 Å². The molecule has 1 aliphatic rings. The molecular formula is C13H16N4O. The summed E-state index contributed by atoms with van der Waals surface area (Å²) in [5.41, 5.74) is 0.745. The second kappa shape index (κ2) is 4.49. The van der Waals surface area contributed by atoms with Gasteiger partial charge >= 0.3 is 0 Å². The maximum atomic E-state index is 5.75. The van der Waals surface area contributed by atoms with Gasteiger partial charge < -0.3 is 9.64 Å². The van der Waals surface area contributed by atoms with Gasteiger partial charge in [0, 0.05) is 19.3 Å². The third-order valence-electron chi connectivity index (χ3n) is 3.11. The van der Waals surface area contributed by atoms with Gasteiger partial charge in [0.1, 0.15) is 12.1 Å². The number of rotatable bonds is 1. The first-order chi connectivity index (χ1) is 8.74. The Morgan fingerprint density at radius 1 is 1.17 bits per heavy atom. The Labute approximate surface area is 106 Å². The highest BCUT2D eigenvalue weighted by atomic mass is 16.5. The van der Waals surface area contributed by atoms with Crippen LogP contribution in [0.2, 0.25) is 0 Å². The molecule has 1 saturated heterocycles. The molecule has 2 aromatic rings. The van der Waals surface area contributed by atoms with Gasteiger partial charge in [-0.3, -0.25) is 0 Å². The van der Waals surface area contributed by atoms with Gasteiger partial charge in [-0.25, -0.2) is 15.0 Å². The highest BCUT2D eigenvalue weighted by Crippen LogP contribution is 2.24. The average molecular weight is 244 g/mol. The van der Waals surface area contributed by atoms with E-state index in [1.54, 1.807) is 12.5 Å². The van der Waals surface area contributed by atoms with Gasteiger partial charge in [-0.05, 0) is 26.0 Å². The number of morpholine rings is 1. The van der Waals surface area contributed by atoms with Crippen molar-refractivity contribution in [3.63, 3.8) is 0 Å². The van der Waals surface area contributed by atoms with Crippen molar-refractivity contribution in [2.45, 2.75) is 26.1 Å². The second-order valence-corrected chi connectivity index (χ2v) is 4.73. The van der Waals surface area contributed by atoms with Crippen LogP contribution in [0.25, 0.3) is 11.0 Å². The van der Waals surface area contributed by atoms with E-state index in [0.717, 1.165) is 29.9 Å². The Morgan fingerprint density at radius 3 is 2.72 bits per heavy atom. The molecule has 2 aromatic heterocycles. The zero-order chi connectivity index (χ0) is 12.5. The van der Waals surface area contributed by atoms with Crippen LogP contribution < -0.4 is 4.90 Å². The van der Waals surface area contributed by atoms with Crippen molar-refractivity contribution < 1.29 is 4.74 Å². The zero-order valence-electron chi connectivity index (χ0n) is 10.6. The monoisotopic (exact) mass is 244 g/mol. The van der Waals surface area contributed by atoms with Crippen molar-refractivity contribution in [1.29, 1.82) is 0 Å². The zero-order valence-corrected chi connectivity index (χ0v) is 10.6. The van der Waals surface area contributed by atoms with Gasteiger partial charge in [0.25, 0.3) is 0 Å². The fourth-order valence-corrected chi connectivity index (χ4v) is 2.48. The molecule has 2 unspecified atom stereocenters. The van der Waals surface area contributed by atoms with Crippen molar-refractivity contribution in [2.24, 2.45) is 0 Å². The minimum Gasteiger partial charge on any atom is -0.372 e. The topological polar surface area (TPSA) is 51.1 Å². The van der Waals surface area contributed by atoms with Crippen LogP contribution in [0.1, 0.15) is 13.8 Å². The van der Waals surface area contributed by atoms with E-state index >= 15 is 0 Å². The summed E-state index contributed by atoms with van der Waals surface area (Å²) in [6.07, 6.45) is 3.77. The molecule has 0 aromatic carbocycles. The summed E-state index contributed by atoms with van der Waals surface area (Å²) in [6.45, 7) is 5.88. The molecule has 1 aliphatic heterocycles. The Kier molecular flexibility index (Phi) is 2.83. The summed E-state index contributed by atoms with van der Waals surface area (Å²) in [7, 11) is 0. The third-order valence-corrected chi connectivity index (χ3v) is 3.11. The molecule has 0 N–H and O–H groups in total. The van der Waals surface area contributed by atoms with E-state index < -0.39 is 0 Å². The molecule has 5 nitrogen and oxygen atoms in total. The van der Waals surface area contributed by atoms with E-state index in [-0.39, 0.29) is 12.2 Å². The number of fused-ring (bicyclic) bond motifs is 1. The lowest BCUT2D eigenvalue weighted by molar-refractivity contribution is -0.00537. The molecule has 3 heterocycles. The van der Waals surface area contributed by atoms with Gasteiger partial charge in [-0.15, -0.1) is 0 Å². The molecule has 0 saturated carbocycles. The quantitative estimate of drug-likeness (QED) is 0.763. The van der Waals surface area contributed by atoms with Crippen molar-refractivity contribution in [3.05, 3.63) is 24.7 Å². The van der Waals surface area contributed by atoms with Gasteiger partial charge in [0.05, 0.1) is 17.6 Å². The van der Waals surface area contributed by atoms with Crippen molar-refractivity contribution in [1.82, 2.24) is 15.0 Å². The largest absolute Gasteiger partial charge is 0.372 e. The lowest BCUT2D eigenvalue weighted by Crippen LogP contribution is -2.45. The molecule has 5 heteroatoms. The number of hydrogen-bond acceptors (Lipinski definition) is 5. The normalized spacial score (nSPS) is 24.4. The summed E-state index contributed by atoms with van der Waals surface area (Å²) >= 11 is 0.